The summed E-state index contributed by atoms with van der Waals surface area (Å²) in [4.78, 5) is 35.4. The van der Waals surface area contributed by atoms with E-state index in [1.807, 2.05) is 21.8 Å². The summed E-state index contributed by atoms with van der Waals surface area (Å²) in [6, 6.07) is 0.287. The molecule has 0 radical (unpaired) electrons. The summed E-state index contributed by atoms with van der Waals surface area (Å²) in [7, 11) is 0. The number of hydrogen-bond donors (Lipinski definition) is 0. The summed E-state index contributed by atoms with van der Waals surface area (Å²) in [5.74, 6) is 0.751. The van der Waals surface area contributed by atoms with Gasteiger partial charge in [-0.25, -0.2) is 9.97 Å². The number of aromatic nitrogens is 3. The molecule has 1 amide bonds. The third kappa shape index (κ3) is 2.47. The minimum Gasteiger partial charge on any atom is -0.337 e. The van der Waals surface area contributed by atoms with Crippen LogP contribution in [-0.4, -0.2) is 44.2 Å². The molecule has 1 saturated carbocycles. The van der Waals surface area contributed by atoms with E-state index in [4.69, 9.17) is 0 Å². The highest BCUT2D eigenvalue weighted by atomic mass is 32.1. The number of aryl methyl sites for hydroxylation is 1. The molecule has 2 aromatic rings. The summed E-state index contributed by atoms with van der Waals surface area (Å²) in [5, 5.41) is 2.52. The van der Waals surface area contributed by atoms with E-state index in [9.17, 15) is 9.59 Å². The van der Waals surface area contributed by atoms with Crippen LogP contribution >= 0.6 is 11.3 Å². The van der Waals surface area contributed by atoms with Crippen LogP contribution in [0.1, 0.15) is 45.9 Å². The van der Waals surface area contributed by atoms with Crippen molar-refractivity contribution in [1.82, 2.24) is 19.4 Å². The van der Waals surface area contributed by atoms with E-state index in [2.05, 4.69) is 23.8 Å². The van der Waals surface area contributed by atoms with Crippen LogP contribution in [0.4, 0.5) is 0 Å². The van der Waals surface area contributed by atoms with Gasteiger partial charge < -0.3 is 9.47 Å². The molecule has 3 heterocycles. The van der Waals surface area contributed by atoms with E-state index in [-0.39, 0.29) is 35.5 Å². The van der Waals surface area contributed by atoms with Gasteiger partial charge in [0.25, 0.3) is 5.91 Å². The van der Waals surface area contributed by atoms with Crippen molar-refractivity contribution in [3.63, 3.8) is 0 Å². The Kier molecular flexibility index (Phi) is 3.56. The van der Waals surface area contributed by atoms with Crippen molar-refractivity contribution in [2.45, 2.75) is 26.8 Å². The maximum absolute atomic E-state index is 12.6. The molecule has 2 aliphatic rings. The quantitative estimate of drug-likeness (QED) is 0.799. The van der Waals surface area contributed by atoms with E-state index >= 15 is 0 Å². The number of amides is 1. The minimum absolute atomic E-state index is 0.0297. The Bertz CT molecular complexity index is 797. The van der Waals surface area contributed by atoms with Crippen molar-refractivity contribution in [3.05, 3.63) is 34.3 Å². The number of ketones is 1. The Morgan fingerprint density at radius 2 is 2.00 bits per heavy atom. The lowest BCUT2D eigenvalue weighted by Gasteiger charge is -2.18. The lowest BCUT2D eigenvalue weighted by molar-refractivity contribution is 0.0747. The molecule has 1 aliphatic carbocycles. The van der Waals surface area contributed by atoms with Crippen molar-refractivity contribution in [2.75, 3.05) is 13.1 Å². The predicted octanol–water partition coefficient (Wildman–Crippen LogP) is 2.43. The predicted molar refractivity (Wildman–Crippen MR) is 90.2 cm³/mol. The third-order valence-electron chi connectivity index (χ3n) is 5.03. The normalized spacial score (nSPS) is 25.2. The lowest BCUT2D eigenvalue weighted by Crippen LogP contribution is -2.32. The average molecular weight is 344 g/mol. The molecular weight excluding hydrogens is 324 g/mol. The number of piperidine rings is 1. The first-order valence-electron chi connectivity index (χ1n) is 8.24. The highest BCUT2D eigenvalue weighted by molar-refractivity contribution is 7.11. The number of Topliss-reactive ketones (excluding diaryl/α,β-unsaturated/α-hetero) is 1. The third-order valence-corrected chi connectivity index (χ3v) is 6.01. The zero-order valence-electron chi connectivity index (χ0n) is 14.0. The molecule has 1 saturated heterocycles. The van der Waals surface area contributed by atoms with Crippen molar-refractivity contribution < 1.29 is 9.59 Å². The van der Waals surface area contributed by atoms with Crippen LogP contribution in [0.2, 0.25) is 0 Å². The van der Waals surface area contributed by atoms with Crippen molar-refractivity contribution in [3.8, 4) is 0 Å². The van der Waals surface area contributed by atoms with Gasteiger partial charge in [-0.15, -0.1) is 11.3 Å². The molecule has 6 nitrogen and oxygen atoms in total. The summed E-state index contributed by atoms with van der Waals surface area (Å²) < 4.78 is 1.93. The van der Waals surface area contributed by atoms with Crippen LogP contribution in [0.25, 0.3) is 0 Å². The molecule has 4 rings (SSSR count). The van der Waals surface area contributed by atoms with Gasteiger partial charge in [-0.05, 0) is 32.6 Å². The smallest absolute Gasteiger partial charge is 0.274 e. The first-order valence-corrected chi connectivity index (χ1v) is 9.12. The molecule has 0 aromatic carbocycles. The van der Waals surface area contributed by atoms with Gasteiger partial charge in [0.15, 0.2) is 10.8 Å². The van der Waals surface area contributed by atoms with Crippen molar-refractivity contribution in [1.29, 1.82) is 0 Å². The van der Waals surface area contributed by atoms with Crippen LogP contribution in [0.3, 0.4) is 0 Å². The second kappa shape index (κ2) is 5.51. The van der Waals surface area contributed by atoms with Gasteiger partial charge in [0, 0.05) is 42.3 Å². The van der Waals surface area contributed by atoms with E-state index < -0.39 is 0 Å². The Labute approximate surface area is 144 Å². The highest BCUT2D eigenvalue weighted by Gasteiger charge is 2.60. The first-order chi connectivity index (χ1) is 11.5. The second-order valence-corrected chi connectivity index (χ2v) is 7.88. The molecule has 7 heteroatoms. The molecule has 126 valence electrons. The maximum Gasteiger partial charge on any atom is 0.274 e. The van der Waals surface area contributed by atoms with Crippen LogP contribution in [0.15, 0.2) is 17.9 Å². The molecule has 2 unspecified atom stereocenters. The molecule has 2 atom stereocenters. The van der Waals surface area contributed by atoms with Gasteiger partial charge in [-0.3, -0.25) is 9.59 Å². The van der Waals surface area contributed by atoms with Crippen molar-refractivity contribution >= 4 is 23.0 Å². The van der Waals surface area contributed by atoms with Crippen molar-refractivity contribution in [2.24, 2.45) is 17.8 Å². The summed E-state index contributed by atoms with van der Waals surface area (Å²) in [6.07, 6.45) is 3.50. The average Bonchev–Trinajstić information content (AvgIpc) is 3.05. The van der Waals surface area contributed by atoms with Crippen LogP contribution in [-0.2, 0) is 0 Å². The molecular formula is C17H20N4O2S. The monoisotopic (exact) mass is 344 g/mol. The molecule has 2 aromatic heterocycles. The molecule has 0 N–H and O–H groups in total. The number of fused-ring (bicyclic) bond motifs is 1. The minimum atomic E-state index is -0.0297. The maximum atomic E-state index is 12.6. The molecule has 24 heavy (non-hydrogen) atoms. The fourth-order valence-corrected chi connectivity index (χ4v) is 4.37. The van der Waals surface area contributed by atoms with Crippen LogP contribution < -0.4 is 0 Å². The number of nitrogens with zero attached hydrogens (tertiary/aromatic N) is 4. The SMILES string of the molecule is Cc1csc(C(=O)C2C3CN(C(=O)c4cn(C(C)C)cn4)CC32)n1. The van der Waals surface area contributed by atoms with E-state index in [1.54, 1.807) is 12.5 Å². The van der Waals surface area contributed by atoms with Gasteiger partial charge in [0.05, 0.1) is 6.33 Å². The molecule has 1 aliphatic heterocycles. The number of carbonyl (C=O) groups excluding carboxylic acids is 2. The zero-order chi connectivity index (χ0) is 17.0. The standard InChI is InChI=1S/C17H20N4O2S/c1-9(2)21-6-13(18-8-21)17(23)20-4-11-12(5-20)14(11)15(22)16-19-10(3)7-24-16/h6-9,11-12,14H,4-5H2,1-3H3. The number of thiazole rings is 1. The number of imidazole rings is 1. The number of likely N-dealkylation sites (tertiary alicyclic amines) is 1. The zero-order valence-corrected chi connectivity index (χ0v) is 14.8. The number of rotatable bonds is 4. The Hall–Kier alpha value is -2.02. The number of hydrogen-bond acceptors (Lipinski definition) is 5. The van der Waals surface area contributed by atoms with Gasteiger partial charge in [0.1, 0.15) is 5.69 Å². The fourth-order valence-electron chi connectivity index (χ4n) is 3.58. The molecule has 0 spiro atoms. The lowest BCUT2D eigenvalue weighted by atomic mass is 10.2. The van der Waals surface area contributed by atoms with Crippen LogP contribution in [0.5, 0.6) is 0 Å². The molecule has 0 bridgehead atoms. The van der Waals surface area contributed by atoms with E-state index in [1.165, 1.54) is 11.3 Å². The van der Waals surface area contributed by atoms with E-state index in [0.29, 0.717) is 23.8 Å². The Morgan fingerprint density at radius 3 is 2.54 bits per heavy atom. The second-order valence-electron chi connectivity index (χ2n) is 7.02. The first kappa shape index (κ1) is 15.5. The largest absolute Gasteiger partial charge is 0.337 e. The van der Waals surface area contributed by atoms with Gasteiger partial charge >= 0.3 is 0 Å². The Morgan fingerprint density at radius 1 is 1.29 bits per heavy atom. The summed E-state index contributed by atoms with van der Waals surface area (Å²) in [6.45, 7) is 7.31. The van der Waals surface area contributed by atoms with Crippen LogP contribution in [0, 0.1) is 24.7 Å². The fraction of sp³-hybridized carbons (Fsp3) is 0.529. The summed E-state index contributed by atoms with van der Waals surface area (Å²) >= 11 is 1.42. The Balaban J connectivity index is 1.39. The van der Waals surface area contributed by atoms with Gasteiger partial charge in [-0.1, -0.05) is 0 Å². The van der Waals surface area contributed by atoms with E-state index in [0.717, 1.165) is 5.69 Å². The van der Waals surface area contributed by atoms with Gasteiger partial charge in [-0.2, -0.15) is 0 Å². The highest BCUT2D eigenvalue weighted by Crippen LogP contribution is 2.53. The topological polar surface area (TPSA) is 68.1 Å². The molecule has 2 fully saturated rings. The summed E-state index contributed by atoms with van der Waals surface area (Å²) in [5.41, 5.74) is 1.38. The number of carbonyl (C=O) groups is 2. The van der Waals surface area contributed by atoms with Gasteiger partial charge in [0.2, 0.25) is 0 Å².